The fourth-order valence-electron chi connectivity index (χ4n) is 12.5. The molecular weight excluding hydrogens is 1130 g/mol. The molecule has 0 amide bonds. The van der Waals surface area contributed by atoms with Crippen molar-refractivity contribution < 1.29 is 20.1 Å². The number of hydrogen-bond donors (Lipinski definition) is 0. The van der Waals surface area contributed by atoms with Gasteiger partial charge in [-0.25, -0.2) is 0 Å². The maximum atomic E-state index is 3.78. The third-order valence-electron chi connectivity index (χ3n) is 16.4. The SMILES string of the molecule is Cc1c(CCc2c[c-]c3c(c2)-c2ccccc2C2=CN(c4ccccc4)[CH-]N23)cc(CCc2c[c-]c3c(c2)-c2ccccc2C2=CN(C)[CH-]N23)cc1CCc1c[c-]c2c(c1)-c1ccccc1C1=CN(c3ccccc3)[CH-]N12.[Ir]. The molecule has 0 unspecified atom stereocenters. The molecule has 7 heteroatoms. The second-order valence-electron chi connectivity index (χ2n) is 21.1. The van der Waals surface area contributed by atoms with Gasteiger partial charge in [0.05, 0.1) is 0 Å². The Morgan fingerprint density at radius 1 is 0.359 bits per heavy atom. The van der Waals surface area contributed by atoms with E-state index in [1.807, 2.05) is 0 Å². The van der Waals surface area contributed by atoms with Crippen molar-refractivity contribution in [1.29, 1.82) is 0 Å². The Balaban J connectivity index is 0.00000552. The molecule has 9 aromatic rings. The molecular formula is C71H54IrN6-6. The van der Waals surface area contributed by atoms with E-state index in [-0.39, 0.29) is 20.1 Å². The number of aryl methyl sites for hydroxylation is 6. The standard InChI is InChI=1S/C71H54N6.Ir/c1-48-53(32-27-50-30-35-67-64(40-50)58-20-10-13-23-61(58)70-43-73(46-76(67)70)55-15-5-3-6-16-55)37-52(26-25-49-29-34-66-63(39-49)57-19-9-12-22-60(57)69-42-72(2)45-75(66)69)38-54(48)33-28-51-31-36-68-65(41-51)59-21-11-14-24-62(59)71-44-74(47-77(68)71)56-17-7-4-8-18-56;/h3-24,29-31,37-47H,25-28,32-33H2,1-2H3;/q-6;. The zero-order chi connectivity index (χ0) is 51.1. The van der Waals surface area contributed by atoms with Gasteiger partial charge in [0.25, 0.3) is 0 Å². The van der Waals surface area contributed by atoms with Crippen LogP contribution in [0.1, 0.15) is 55.6 Å². The van der Waals surface area contributed by atoms with Gasteiger partial charge in [0.2, 0.25) is 0 Å². The van der Waals surface area contributed by atoms with Gasteiger partial charge in [-0.05, 0) is 115 Å². The van der Waals surface area contributed by atoms with Crippen LogP contribution >= 0.6 is 0 Å². The average molecular weight is 1180 g/mol. The van der Waals surface area contributed by atoms with Crippen molar-refractivity contribution in [2.45, 2.75) is 45.4 Å². The molecule has 0 spiro atoms. The molecule has 0 atom stereocenters. The average Bonchev–Trinajstić information content (AvgIpc) is 4.30. The van der Waals surface area contributed by atoms with E-state index in [0.717, 1.165) is 67.0 Å². The van der Waals surface area contributed by atoms with E-state index >= 15 is 0 Å². The summed E-state index contributed by atoms with van der Waals surface area (Å²) in [5.74, 6) is 0. The van der Waals surface area contributed by atoms with Crippen LogP contribution in [0.15, 0.2) is 201 Å². The summed E-state index contributed by atoms with van der Waals surface area (Å²) in [6, 6.07) is 77.9. The van der Waals surface area contributed by atoms with E-state index in [2.05, 4.69) is 282 Å². The van der Waals surface area contributed by atoms with E-state index in [1.165, 1.54) is 106 Å². The number of nitrogens with zero attached hydrogens (tertiary/aromatic N) is 6. The number of hydrogen-bond acceptors (Lipinski definition) is 6. The predicted molar refractivity (Wildman–Crippen MR) is 315 cm³/mol. The predicted octanol–water partition coefficient (Wildman–Crippen LogP) is 15.4. The molecule has 0 saturated heterocycles. The second-order valence-corrected chi connectivity index (χ2v) is 21.1. The van der Waals surface area contributed by atoms with Crippen molar-refractivity contribution in [2.75, 3.05) is 31.5 Å². The van der Waals surface area contributed by atoms with Crippen LogP contribution in [0.3, 0.4) is 0 Å². The first-order valence-corrected chi connectivity index (χ1v) is 27.0. The molecule has 6 heterocycles. The minimum Gasteiger partial charge on any atom is -0.510 e. The molecule has 0 bridgehead atoms. The van der Waals surface area contributed by atoms with Gasteiger partial charge in [0, 0.05) is 48.6 Å². The first kappa shape index (κ1) is 48.1. The summed E-state index contributed by atoms with van der Waals surface area (Å²) >= 11 is 0. The van der Waals surface area contributed by atoms with Crippen LogP contribution in [0.2, 0.25) is 0 Å². The molecule has 6 nitrogen and oxygen atoms in total. The fourth-order valence-corrected chi connectivity index (χ4v) is 12.5. The molecule has 383 valence electrons. The van der Waals surface area contributed by atoms with Gasteiger partial charge >= 0.3 is 0 Å². The Hall–Kier alpha value is -8.35. The number of benzene rings is 9. The third-order valence-corrected chi connectivity index (χ3v) is 16.4. The molecule has 0 fully saturated rings. The van der Waals surface area contributed by atoms with Crippen LogP contribution < -0.4 is 24.5 Å². The summed E-state index contributed by atoms with van der Waals surface area (Å²) in [5, 5.41) is 0. The van der Waals surface area contributed by atoms with Gasteiger partial charge in [0.1, 0.15) is 0 Å². The third kappa shape index (κ3) is 8.27. The van der Waals surface area contributed by atoms with Gasteiger partial charge in [-0.15, -0.1) is 30.0 Å². The molecule has 0 aliphatic carbocycles. The van der Waals surface area contributed by atoms with E-state index < -0.39 is 0 Å². The number of fused-ring (bicyclic) bond motifs is 18. The Bertz CT molecular complexity index is 3740. The molecule has 9 aromatic carbocycles. The smallest absolute Gasteiger partial charge is 0.0323 e. The van der Waals surface area contributed by atoms with Gasteiger partial charge < -0.3 is 29.4 Å². The van der Waals surface area contributed by atoms with Crippen molar-refractivity contribution in [3.8, 4) is 33.4 Å². The molecule has 6 aliphatic rings. The summed E-state index contributed by atoms with van der Waals surface area (Å²) in [5.41, 5.74) is 29.9. The van der Waals surface area contributed by atoms with E-state index in [9.17, 15) is 0 Å². The van der Waals surface area contributed by atoms with Gasteiger partial charge in [-0.1, -0.05) is 174 Å². The normalized spacial score (nSPS) is 14.9. The molecule has 78 heavy (non-hydrogen) atoms. The van der Waals surface area contributed by atoms with Crippen LogP contribution in [0.25, 0.3) is 50.5 Å². The topological polar surface area (TPSA) is 19.4 Å². The van der Waals surface area contributed by atoms with E-state index in [4.69, 9.17) is 0 Å². The summed E-state index contributed by atoms with van der Waals surface area (Å²) in [6.07, 6.45) is 12.3. The Labute approximate surface area is 472 Å². The summed E-state index contributed by atoms with van der Waals surface area (Å²) < 4.78 is 0. The Morgan fingerprint density at radius 2 is 0.705 bits per heavy atom. The van der Waals surface area contributed by atoms with Crippen molar-refractivity contribution in [3.63, 3.8) is 0 Å². The number of anilines is 5. The van der Waals surface area contributed by atoms with Crippen molar-refractivity contribution in [2.24, 2.45) is 0 Å². The monoisotopic (exact) mass is 1180 g/mol. The number of para-hydroxylation sites is 2. The van der Waals surface area contributed by atoms with Crippen LogP contribution in [0.5, 0.6) is 0 Å². The van der Waals surface area contributed by atoms with Crippen molar-refractivity contribution in [1.82, 2.24) is 4.90 Å². The summed E-state index contributed by atoms with van der Waals surface area (Å²) in [7, 11) is 2.10. The van der Waals surface area contributed by atoms with Crippen molar-refractivity contribution in [3.05, 3.63) is 294 Å². The zero-order valence-corrected chi connectivity index (χ0v) is 45.9. The molecule has 1 radical (unpaired) electrons. The van der Waals surface area contributed by atoms with E-state index in [1.54, 1.807) is 0 Å². The molecule has 0 aromatic heterocycles. The first-order valence-electron chi connectivity index (χ1n) is 27.0. The number of rotatable bonds is 11. The summed E-state index contributed by atoms with van der Waals surface area (Å²) in [4.78, 5) is 13.5. The maximum absolute atomic E-state index is 3.78. The van der Waals surface area contributed by atoms with Gasteiger partial charge in [0.15, 0.2) is 0 Å². The summed E-state index contributed by atoms with van der Waals surface area (Å²) in [6.45, 7) is 8.92. The van der Waals surface area contributed by atoms with Crippen molar-refractivity contribution >= 4 is 45.5 Å². The maximum Gasteiger partial charge on any atom is 0.0323 e. The second kappa shape index (κ2) is 19.6. The Kier molecular flexibility index (Phi) is 12.1. The van der Waals surface area contributed by atoms with Gasteiger partial charge in [-0.3, -0.25) is 0 Å². The van der Waals surface area contributed by atoms with Gasteiger partial charge in [-0.2, -0.15) is 78.0 Å². The van der Waals surface area contributed by atoms with Crippen LogP contribution in [-0.2, 0) is 58.6 Å². The van der Waals surface area contributed by atoms with Crippen LogP contribution in [0.4, 0.5) is 28.4 Å². The molecule has 15 rings (SSSR count). The minimum atomic E-state index is 0. The first-order chi connectivity index (χ1) is 38.0. The zero-order valence-electron chi connectivity index (χ0n) is 43.5. The fraction of sp³-hybridized carbons (Fsp3) is 0.113. The molecule has 0 N–H and O–H groups in total. The largest absolute Gasteiger partial charge is 0.510 e. The van der Waals surface area contributed by atoms with Crippen LogP contribution in [0, 0.1) is 45.1 Å². The molecule has 0 saturated carbocycles. The molecule has 6 aliphatic heterocycles. The Morgan fingerprint density at radius 3 is 1.13 bits per heavy atom. The quantitative estimate of drug-likeness (QED) is 0.119. The van der Waals surface area contributed by atoms with Crippen LogP contribution in [-0.4, -0.2) is 11.9 Å². The minimum absolute atomic E-state index is 0. The van der Waals surface area contributed by atoms with E-state index in [0.29, 0.717) is 0 Å².